The van der Waals surface area contributed by atoms with Gasteiger partial charge in [0, 0.05) is 69.8 Å². The van der Waals surface area contributed by atoms with Crippen LogP contribution in [0.25, 0.3) is 17.0 Å². The number of benzene rings is 1. The summed E-state index contributed by atoms with van der Waals surface area (Å²) in [4.78, 5) is 59.1. The second-order valence-corrected chi connectivity index (χ2v) is 18.2. The Balaban J connectivity index is 0.626. The number of aromatic nitrogens is 5. The van der Waals surface area contributed by atoms with Crippen LogP contribution < -0.4 is 31.1 Å². The first-order valence-electron chi connectivity index (χ1n) is 24.4. The lowest BCUT2D eigenvalue weighted by Gasteiger charge is -2.35. The molecule has 0 atom stereocenters. The summed E-state index contributed by atoms with van der Waals surface area (Å²) in [6, 6.07) is 15.3. The highest BCUT2D eigenvalue weighted by molar-refractivity contribution is 7.15. The number of carbonyl (C=O) groups excluding carboxylic acids is 3. The molecule has 6 heterocycles. The van der Waals surface area contributed by atoms with Gasteiger partial charge in [0.15, 0.2) is 10.8 Å². The number of ether oxygens (including phenoxy) is 6. The molecule has 2 aliphatic heterocycles. The van der Waals surface area contributed by atoms with Crippen molar-refractivity contribution in [3.05, 3.63) is 70.9 Å². The van der Waals surface area contributed by atoms with Gasteiger partial charge in [0.1, 0.15) is 17.3 Å². The molecule has 384 valence electrons. The fourth-order valence-electron chi connectivity index (χ4n) is 7.86. The minimum Gasteiger partial charge on any atom is -0.383 e. The minimum atomic E-state index is -0.353. The number of carbonyl (C=O) groups is 3. The van der Waals surface area contributed by atoms with Crippen molar-refractivity contribution in [1.29, 1.82) is 0 Å². The molecule has 71 heavy (non-hydrogen) atoms. The molecule has 21 nitrogen and oxygen atoms in total. The van der Waals surface area contributed by atoms with Crippen molar-refractivity contribution in [1.82, 2.24) is 34.8 Å². The number of nitrogens with one attached hydrogen (secondary N) is 4. The molecule has 2 fully saturated rings. The molecule has 2 aliphatic rings. The van der Waals surface area contributed by atoms with Gasteiger partial charge in [0.05, 0.1) is 115 Å². The molecule has 0 aliphatic carbocycles. The number of fused-ring (bicyclic) bond motifs is 1. The molecular formula is C49H68N12O9S. The fourth-order valence-corrected chi connectivity index (χ4v) is 8.67. The fraction of sp³-hybridized carbons (Fsp3) is 0.531. The van der Waals surface area contributed by atoms with E-state index >= 15 is 0 Å². The number of hydrogen-bond acceptors (Lipinski definition) is 18. The summed E-state index contributed by atoms with van der Waals surface area (Å²) in [5.41, 5.74) is 4.84. The number of piperazine rings is 1. The third-order valence-corrected chi connectivity index (χ3v) is 12.7. The first-order chi connectivity index (χ1) is 34.7. The van der Waals surface area contributed by atoms with Gasteiger partial charge < -0.3 is 54.2 Å². The van der Waals surface area contributed by atoms with Crippen molar-refractivity contribution in [3.63, 3.8) is 0 Å². The smallest absolute Gasteiger partial charge is 0.259 e. The van der Waals surface area contributed by atoms with E-state index in [1.54, 1.807) is 18.2 Å². The first kappa shape index (κ1) is 53.0. The van der Waals surface area contributed by atoms with Gasteiger partial charge in [0.2, 0.25) is 11.8 Å². The maximum Gasteiger partial charge on any atom is 0.259 e. The lowest BCUT2D eigenvalue weighted by atomic mass is 10.1. The Bertz CT molecular complexity index is 2440. The van der Waals surface area contributed by atoms with Crippen LogP contribution in [0.15, 0.2) is 54.7 Å². The molecule has 4 N–H and O–H groups in total. The highest BCUT2D eigenvalue weighted by Crippen LogP contribution is 2.27. The maximum absolute atomic E-state index is 12.9. The van der Waals surface area contributed by atoms with Gasteiger partial charge >= 0.3 is 0 Å². The largest absolute Gasteiger partial charge is 0.383 e. The third kappa shape index (κ3) is 16.9. The summed E-state index contributed by atoms with van der Waals surface area (Å²) in [6.45, 7) is 16.9. The molecule has 22 heteroatoms. The number of pyridine rings is 1. The van der Waals surface area contributed by atoms with Crippen LogP contribution in [0.3, 0.4) is 0 Å². The molecule has 5 aromatic rings. The highest BCUT2D eigenvalue weighted by Gasteiger charge is 2.22. The molecule has 0 saturated carbocycles. The van der Waals surface area contributed by atoms with Crippen molar-refractivity contribution in [2.24, 2.45) is 0 Å². The minimum absolute atomic E-state index is 0.0176. The number of aryl methyl sites for hydroxylation is 2. The van der Waals surface area contributed by atoms with Crippen LogP contribution in [0.2, 0.25) is 0 Å². The zero-order valence-electron chi connectivity index (χ0n) is 41.1. The maximum atomic E-state index is 12.9. The van der Waals surface area contributed by atoms with Gasteiger partial charge in [-0.2, -0.15) is 0 Å². The Kier molecular flexibility index (Phi) is 21.1. The number of amides is 3. The van der Waals surface area contributed by atoms with Crippen LogP contribution in [0.5, 0.6) is 0 Å². The van der Waals surface area contributed by atoms with Crippen molar-refractivity contribution in [2.75, 3.05) is 164 Å². The molecule has 7 rings (SSSR count). The second kappa shape index (κ2) is 28.3. The SMILES string of the molecule is CC(=O)Nc1cc(NCCOCCOCCOCCOCCOCCOCCNC(=O)CN2CCN(c3cccc(-c4cnc5ccc(N6CCCC6)nn45)n3)CC2)ccc1C(=O)Nc1nc(C)c(C)s1. The average Bonchev–Trinajstić information content (AvgIpc) is 4.13. The van der Waals surface area contributed by atoms with Crippen LogP contribution in [-0.4, -0.2) is 185 Å². The van der Waals surface area contributed by atoms with Crippen LogP contribution in [0.4, 0.5) is 28.1 Å². The molecule has 4 aromatic heterocycles. The van der Waals surface area contributed by atoms with E-state index in [9.17, 15) is 14.4 Å². The van der Waals surface area contributed by atoms with Crippen LogP contribution in [0.1, 0.15) is 40.7 Å². The summed E-state index contributed by atoms with van der Waals surface area (Å²) >= 11 is 1.40. The summed E-state index contributed by atoms with van der Waals surface area (Å²) < 4.78 is 35.5. The van der Waals surface area contributed by atoms with Gasteiger partial charge in [-0.15, -0.1) is 16.4 Å². The molecule has 2 saturated heterocycles. The van der Waals surface area contributed by atoms with E-state index in [4.69, 9.17) is 38.5 Å². The first-order valence-corrected chi connectivity index (χ1v) is 25.2. The average molecular weight is 1000 g/mol. The Morgan fingerprint density at radius 3 is 1.94 bits per heavy atom. The van der Waals surface area contributed by atoms with Crippen molar-refractivity contribution in [3.8, 4) is 11.4 Å². The van der Waals surface area contributed by atoms with Gasteiger partial charge in [-0.3, -0.25) is 24.6 Å². The molecule has 0 bridgehead atoms. The van der Waals surface area contributed by atoms with Crippen molar-refractivity contribution in [2.45, 2.75) is 33.6 Å². The predicted octanol–water partition coefficient (Wildman–Crippen LogP) is 4.13. The summed E-state index contributed by atoms with van der Waals surface area (Å²) in [7, 11) is 0. The quantitative estimate of drug-likeness (QED) is 0.0476. The van der Waals surface area contributed by atoms with Crippen LogP contribution >= 0.6 is 11.3 Å². The Morgan fingerprint density at radius 1 is 0.676 bits per heavy atom. The summed E-state index contributed by atoms with van der Waals surface area (Å²) in [5, 5.41) is 17.2. The van der Waals surface area contributed by atoms with Crippen molar-refractivity contribution >= 4 is 62.8 Å². The van der Waals surface area contributed by atoms with E-state index in [1.807, 2.05) is 54.9 Å². The molecule has 3 amide bonds. The number of anilines is 5. The number of imidazole rings is 1. The van der Waals surface area contributed by atoms with Crippen LogP contribution in [0, 0.1) is 13.8 Å². The van der Waals surface area contributed by atoms with Gasteiger partial charge in [0.25, 0.3) is 5.91 Å². The molecular weight excluding hydrogens is 933 g/mol. The van der Waals surface area contributed by atoms with Gasteiger partial charge in [-0.25, -0.2) is 19.5 Å². The van der Waals surface area contributed by atoms with E-state index < -0.39 is 0 Å². The zero-order valence-corrected chi connectivity index (χ0v) is 41.9. The number of hydrogen-bond donors (Lipinski definition) is 4. The Morgan fingerprint density at radius 2 is 1.31 bits per heavy atom. The summed E-state index contributed by atoms with van der Waals surface area (Å²) in [5.74, 6) is 1.22. The topological polar surface area (TPSA) is 220 Å². The standard InChI is InChI=1S/C49H68N12O9S/c1-36-37(2)71-49(53-36)56-48(64)40-10-9-39(33-42(40)54-38(3)62)50-13-21-65-23-25-67-27-29-69-31-32-70-30-28-68-26-24-66-22-14-51-47(63)35-58-17-19-60(20-18-58)45-8-6-7-41(55-45)43-34-52-44-11-12-46(57-61(43)44)59-15-4-5-16-59/h6-12,33-34,50H,4-5,13-32,35H2,1-3H3,(H,51,63)(H,54,62)(H,53,56,64). The molecule has 0 unspecified atom stereocenters. The monoisotopic (exact) mass is 1000 g/mol. The van der Waals surface area contributed by atoms with E-state index in [2.05, 4.69) is 45.9 Å². The molecule has 0 radical (unpaired) electrons. The highest BCUT2D eigenvalue weighted by atomic mass is 32.1. The van der Waals surface area contributed by atoms with Gasteiger partial charge in [-0.05, 0) is 69.2 Å². The number of nitrogens with zero attached hydrogens (tertiary/aromatic N) is 8. The molecule has 1 aromatic carbocycles. The van der Waals surface area contributed by atoms with Crippen molar-refractivity contribution < 1.29 is 42.8 Å². The second-order valence-electron chi connectivity index (χ2n) is 17.0. The lowest BCUT2D eigenvalue weighted by molar-refractivity contribution is -0.122. The van der Waals surface area contributed by atoms with E-state index in [0.717, 1.165) is 84.2 Å². The van der Waals surface area contributed by atoms with E-state index in [0.29, 0.717) is 115 Å². The normalized spacial score (nSPS) is 14.1. The molecule has 0 spiro atoms. The number of thiazole rings is 1. The van der Waals surface area contributed by atoms with E-state index in [1.165, 1.54) is 31.1 Å². The Hall–Kier alpha value is -5.85. The Labute approximate surface area is 418 Å². The zero-order chi connectivity index (χ0) is 49.6. The van der Waals surface area contributed by atoms with E-state index in [-0.39, 0.29) is 17.7 Å². The number of rotatable bonds is 30. The summed E-state index contributed by atoms with van der Waals surface area (Å²) in [6.07, 6.45) is 4.22. The van der Waals surface area contributed by atoms with Crippen LogP contribution in [-0.2, 0) is 38.0 Å². The predicted molar refractivity (Wildman–Crippen MR) is 273 cm³/mol. The van der Waals surface area contributed by atoms with Gasteiger partial charge in [-0.1, -0.05) is 6.07 Å². The lowest BCUT2D eigenvalue weighted by Crippen LogP contribution is -2.50. The third-order valence-electron chi connectivity index (χ3n) is 11.7.